The van der Waals surface area contributed by atoms with Crippen molar-refractivity contribution in [3.05, 3.63) is 67.1 Å². The molecule has 0 radical (unpaired) electrons. The van der Waals surface area contributed by atoms with Crippen molar-refractivity contribution in [1.29, 1.82) is 0 Å². The molecule has 0 aliphatic carbocycles. The van der Waals surface area contributed by atoms with E-state index in [1.807, 2.05) is 59.2 Å². The van der Waals surface area contributed by atoms with Crippen LogP contribution in [0.1, 0.15) is 0 Å². The molecular weight excluding hydrogens is 374 g/mol. The first-order valence-electron chi connectivity index (χ1n) is 8.55. The Bertz CT molecular complexity index is 1110. The highest BCUT2D eigenvalue weighted by Crippen LogP contribution is 2.24. The van der Waals surface area contributed by atoms with Crippen LogP contribution >= 0.6 is 11.8 Å². The van der Waals surface area contributed by atoms with Crippen LogP contribution in [-0.4, -0.2) is 38.5 Å². The number of aromatic nitrogens is 4. The summed E-state index contributed by atoms with van der Waals surface area (Å²) in [4.78, 5) is 16.8. The topological polar surface area (TPSA) is 81.9 Å². The fraction of sp³-hybridized carbons (Fsp3) is 0.100. The molecule has 4 rings (SSSR count). The highest BCUT2D eigenvalue weighted by atomic mass is 32.2. The maximum Gasteiger partial charge on any atom is 0.234 e. The first-order chi connectivity index (χ1) is 13.7. The molecule has 140 valence electrons. The van der Waals surface area contributed by atoms with E-state index in [1.165, 1.54) is 11.8 Å². The van der Waals surface area contributed by atoms with E-state index in [2.05, 4.69) is 20.5 Å². The number of rotatable bonds is 6. The molecule has 0 aliphatic heterocycles. The Morgan fingerprint density at radius 3 is 2.82 bits per heavy atom. The second-order valence-corrected chi connectivity index (χ2v) is 6.84. The zero-order chi connectivity index (χ0) is 19.3. The molecule has 0 spiro atoms. The van der Waals surface area contributed by atoms with Gasteiger partial charge in [-0.15, -0.1) is 10.2 Å². The third-order valence-electron chi connectivity index (χ3n) is 4.12. The molecule has 0 saturated carbocycles. The van der Waals surface area contributed by atoms with E-state index in [0.717, 1.165) is 28.0 Å². The van der Waals surface area contributed by atoms with Crippen molar-refractivity contribution in [2.24, 2.45) is 0 Å². The lowest BCUT2D eigenvalue weighted by Gasteiger charge is -2.09. The van der Waals surface area contributed by atoms with Crippen LogP contribution in [0.25, 0.3) is 16.6 Å². The number of thioether (sulfide) groups is 1. The zero-order valence-corrected chi connectivity index (χ0v) is 15.9. The number of amides is 1. The van der Waals surface area contributed by atoms with E-state index in [-0.39, 0.29) is 11.7 Å². The number of methoxy groups -OCH3 is 1. The second kappa shape index (κ2) is 8.10. The highest BCUT2D eigenvalue weighted by Gasteiger charge is 2.11. The standard InChI is InChI=1S/C20H17N5O2S/c1-27-15-9-7-14(8-10-15)25-13-22-24-20(25)28-12-19(26)23-18-6-2-5-17-16(18)4-3-11-21-17/h2-11,13H,12H2,1H3,(H,23,26). The fourth-order valence-corrected chi connectivity index (χ4v) is 3.50. The maximum absolute atomic E-state index is 12.5. The number of fused-ring (bicyclic) bond motifs is 1. The van der Waals surface area contributed by atoms with Gasteiger partial charge in [0.05, 0.1) is 24.1 Å². The van der Waals surface area contributed by atoms with Gasteiger partial charge in [-0.2, -0.15) is 0 Å². The molecule has 0 atom stereocenters. The number of nitrogens with zero attached hydrogens (tertiary/aromatic N) is 4. The summed E-state index contributed by atoms with van der Waals surface area (Å²) in [5, 5.41) is 12.6. The predicted molar refractivity (Wildman–Crippen MR) is 109 cm³/mol. The number of anilines is 1. The van der Waals surface area contributed by atoms with E-state index in [1.54, 1.807) is 19.6 Å². The first-order valence-corrected chi connectivity index (χ1v) is 9.54. The van der Waals surface area contributed by atoms with Gasteiger partial charge in [-0.3, -0.25) is 14.3 Å². The molecule has 0 fully saturated rings. The molecule has 0 aliphatic rings. The van der Waals surface area contributed by atoms with Gasteiger partial charge < -0.3 is 10.1 Å². The number of hydrogen-bond donors (Lipinski definition) is 1. The molecule has 4 aromatic rings. The Balaban J connectivity index is 1.45. The number of nitrogens with one attached hydrogen (secondary N) is 1. The van der Waals surface area contributed by atoms with Gasteiger partial charge in [-0.25, -0.2) is 0 Å². The van der Waals surface area contributed by atoms with Crippen molar-refractivity contribution in [3.63, 3.8) is 0 Å². The minimum atomic E-state index is -0.120. The Morgan fingerprint density at radius 2 is 2.00 bits per heavy atom. The molecule has 0 unspecified atom stereocenters. The summed E-state index contributed by atoms with van der Waals surface area (Å²) in [6.45, 7) is 0. The van der Waals surface area contributed by atoms with E-state index in [0.29, 0.717) is 5.16 Å². The summed E-state index contributed by atoms with van der Waals surface area (Å²) in [6.07, 6.45) is 3.36. The van der Waals surface area contributed by atoms with Crippen LogP contribution < -0.4 is 10.1 Å². The molecule has 2 aromatic carbocycles. The Labute approximate surface area is 165 Å². The Morgan fingerprint density at radius 1 is 1.14 bits per heavy atom. The minimum absolute atomic E-state index is 0.120. The normalized spacial score (nSPS) is 10.8. The Hall–Kier alpha value is -3.39. The van der Waals surface area contributed by atoms with Gasteiger partial charge in [0.2, 0.25) is 5.91 Å². The van der Waals surface area contributed by atoms with Crippen LogP contribution in [0.2, 0.25) is 0 Å². The fourth-order valence-electron chi connectivity index (χ4n) is 2.77. The van der Waals surface area contributed by atoms with Gasteiger partial charge in [0.15, 0.2) is 5.16 Å². The summed E-state index contributed by atoms with van der Waals surface area (Å²) in [7, 11) is 1.62. The summed E-state index contributed by atoms with van der Waals surface area (Å²) in [6, 6.07) is 17.0. The van der Waals surface area contributed by atoms with Crippen LogP contribution in [0, 0.1) is 0 Å². The van der Waals surface area contributed by atoms with Gasteiger partial charge in [-0.1, -0.05) is 17.8 Å². The van der Waals surface area contributed by atoms with E-state index in [9.17, 15) is 4.79 Å². The highest BCUT2D eigenvalue weighted by molar-refractivity contribution is 7.99. The van der Waals surface area contributed by atoms with Crippen molar-refractivity contribution in [3.8, 4) is 11.4 Å². The molecule has 28 heavy (non-hydrogen) atoms. The number of pyridine rings is 1. The van der Waals surface area contributed by atoms with Gasteiger partial charge in [0.1, 0.15) is 12.1 Å². The van der Waals surface area contributed by atoms with E-state index in [4.69, 9.17) is 4.74 Å². The maximum atomic E-state index is 12.5. The van der Waals surface area contributed by atoms with Crippen molar-refractivity contribution in [2.75, 3.05) is 18.2 Å². The average molecular weight is 391 g/mol. The molecule has 1 N–H and O–H groups in total. The second-order valence-electron chi connectivity index (χ2n) is 5.89. The predicted octanol–water partition coefficient (Wildman–Crippen LogP) is 3.55. The van der Waals surface area contributed by atoms with Crippen LogP contribution in [-0.2, 0) is 4.79 Å². The molecule has 2 heterocycles. The third-order valence-corrected chi connectivity index (χ3v) is 5.06. The van der Waals surface area contributed by atoms with Crippen LogP contribution in [0.3, 0.4) is 0 Å². The van der Waals surface area contributed by atoms with Crippen molar-refractivity contribution >= 4 is 34.3 Å². The smallest absolute Gasteiger partial charge is 0.234 e. The van der Waals surface area contributed by atoms with Crippen LogP contribution in [0.15, 0.2) is 72.3 Å². The summed E-state index contributed by atoms with van der Waals surface area (Å²) < 4.78 is 7.01. The summed E-state index contributed by atoms with van der Waals surface area (Å²) in [5.74, 6) is 0.867. The molecule has 0 saturated heterocycles. The number of ether oxygens (including phenoxy) is 1. The Kier molecular flexibility index (Phi) is 5.20. The first kappa shape index (κ1) is 18.0. The lowest BCUT2D eigenvalue weighted by Crippen LogP contribution is -2.14. The zero-order valence-electron chi connectivity index (χ0n) is 15.1. The summed E-state index contributed by atoms with van der Waals surface area (Å²) in [5.41, 5.74) is 2.48. The number of carbonyl (C=O) groups is 1. The van der Waals surface area contributed by atoms with E-state index >= 15 is 0 Å². The molecule has 0 bridgehead atoms. The quantitative estimate of drug-likeness (QED) is 0.506. The molecule has 2 aromatic heterocycles. The lowest BCUT2D eigenvalue weighted by atomic mass is 10.2. The van der Waals surface area contributed by atoms with Crippen molar-refractivity contribution in [1.82, 2.24) is 19.7 Å². The van der Waals surface area contributed by atoms with Crippen LogP contribution in [0.5, 0.6) is 5.75 Å². The van der Waals surface area contributed by atoms with Gasteiger partial charge >= 0.3 is 0 Å². The molecule has 7 nitrogen and oxygen atoms in total. The largest absolute Gasteiger partial charge is 0.497 e. The molecular formula is C20H17N5O2S. The molecule has 8 heteroatoms. The van der Waals surface area contributed by atoms with Gasteiger partial charge in [0.25, 0.3) is 0 Å². The van der Waals surface area contributed by atoms with Crippen molar-refractivity contribution in [2.45, 2.75) is 5.16 Å². The number of benzene rings is 2. The monoisotopic (exact) mass is 391 g/mol. The van der Waals surface area contributed by atoms with Crippen LogP contribution in [0.4, 0.5) is 5.69 Å². The average Bonchev–Trinajstić information content (AvgIpc) is 3.21. The van der Waals surface area contributed by atoms with Crippen molar-refractivity contribution < 1.29 is 9.53 Å². The number of carbonyl (C=O) groups excluding carboxylic acids is 1. The van der Waals surface area contributed by atoms with E-state index < -0.39 is 0 Å². The molecule has 1 amide bonds. The summed E-state index contributed by atoms with van der Waals surface area (Å²) >= 11 is 1.32. The third kappa shape index (κ3) is 3.81. The van der Waals surface area contributed by atoms with Gasteiger partial charge in [0, 0.05) is 17.3 Å². The van der Waals surface area contributed by atoms with Gasteiger partial charge in [-0.05, 0) is 48.5 Å². The number of hydrogen-bond acceptors (Lipinski definition) is 6. The SMILES string of the molecule is COc1ccc(-n2cnnc2SCC(=O)Nc2cccc3ncccc23)cc1. The lowest BCUT2D eigenvalue weighted by molar-refractivity contribution is -0.113. The minimum Gasteiger partial charge on any atom is -0.497 e.